The van der Waals surface area contributed by atoms with Gasteiger partial charge in [0.05, 0.1) is 9.83 Å². The van der Waals surface area contributed by atoms with E-state index in [-0.39, 0.29) is 17.2 Å². The summed E-state index contributed by atoms with van der Waals surface area (Å²) in [5.74, 6) is 0.500. The van der Waals surface area contributed by atoms with Crippen LogP contribution in [0.25, 0.3) is 6.08 Å². The highest BCUT2D eigenvalue weighted by Crippen LogP contribution is 2.34. The highest BCUT2D eigenvalue weighted by atomic mass is 32.2. The van der Waals surface area contributed by atoms with Gasteiger partial charge in [0, 0.05) is 23.9 Å². The van der Waals surface area contributed by atoms with Crippen molar-refractivity contribution in [2.24, 2.45) is 0 Å². The third-order valence-electron chi connectivity index (χ3n) is 5.71. The highest BCUT2D eigenvalue weighted by molar-refractivity contribution is 8.18. The average Bonchev–Trinajstić information content (AvgIpc) is 3.19. The molecule has 198 valence electrons. The standard InChI is InChI=1S/C27H21N3O8S/c31-25(28-19-6-9-22-23(14-19)37-11-10-36-22)15-29-26(32)24(39-27(29)33)13-18-2-1-3-21(12-18)38-16-17-4-7-20(8-5-17)30(34)35/h1-9,12-14H,10-11,15-16H2,(H,28,31)/b24-13+. The molecule has 0 unspecified atom stereocenters. The number of carbonyl (C=O) groups excluding carboxylic acids is 3. The van der Waals surface area contributed by atoms with Crippen molar-refractivity contribution < 1.29 is 33.5 Å². The molecule has 0 aliphatic carbocycles. The Balaban J connectivity index is 1.20. The summed E-state index contributed by atoms with van der Waals surface area (Å²) in [7, 11) is 0. The number of hydrogen-bond acceptors (Lipinski definition) is 9. The van der Waals surface area contributed by atoms with Crippen molar-refractivity contribution in [3.8, 4) is 17.2 Å². The number of imide groups is 1. The first kappa shape index (κ1) is 25.8. The number of hydrogen-bond donors (Lipinski definition) is 1. The van der Waals surface area contributed by atoms with Crippen LogP contribution in [0.1, 0.15) is 11.1 Å². The second-order valence-corrected chi connectivity index (χ2v) is 9.45. The van der Waals surface area contributed by atoms with E-state index in [9.17, 15) is 24.5 Å². The number of non-ortho nitro benzene ring substituents is 1. The Bertz CT molecular complexity index is 1490. The number of nitro groups is 1. The summed E-state index contributed by atoms with van der Waals surface area (Å²) in [6.45, 7) is 0.610. The van der Waals surface area contributed by atoms with Crippen LogP contribution in [0.3, 0.4) is 0 Å². The first-order valence-electron chi connectivity index (χ1n) is 11.8. The number of carbonyl (C=O) groups is 3. The number of amides is 3. The molecule has 0 spiro atoms. The molecule has 0 aromatic heterocycles. The van der Waals surface area contributed by atoms with Gasteiger partial charge in [0.25, 0.3) is 16.8 Å². The van der Waals surface area contributed by atoms with Crippen molar-refractivity contribution >= 4 is 46.3 Å². The second kappa shape index (κ2) is 11.3. The van der Waals surface area contributed by atoms with E-state index in [4.69, 9.17) is 14.2 Å². The number of thioether (sulfide) groups is 1. The fraction of sp³-hybridized carbons (Fsp3) is 0.148. The minimum Gasteiger partial charge on any atom is -0.489 e. The van der Waals surface area contributed by atoms with Crippen LogP contribution in [0, 0.1) is 10.1 Å². The number of nitrogens with zero attached hydrogens (tertiary/aromatic N) is 2. The summed E-state index contributed by atoms with van der Waals surface area (Å²) >= 11 is 0.749. The molecule has 0 saturated carbocycles. The number of ether oxygens (including phenoxy) is 3. The third kappa shape index (κ3) is 6.18. The van der Waals surface area contributed by atoms with Gasteiger partial charge in [-0.2, -0.15) is 0 Å². The predicted octanol–water partition coefficient (Wildman–Crippen LogP) is 4.62. The molecule has 3 amide bonds. The molecule has 2 aliphatic heterocycles. The van der Waals surface area contributed by atoms with E-state index >= 15 is 0 Å². The fourth-order valence-corrected chi connectivity index (χ4v) is 4.67. The smallest absolute Gasteiger partial charge is 0.294 e. The number of nitrogens with one attached hydrogen (secondary N) is 1. The second-order valence-electron chi connectivity index (χ2n) is 8.46. The summed E-state index contributed by atoms with van der Waals surface area (Å²) in [5, 5.41) is 12.9. The van der Waals surface area contributed by atoms with Gasteiger partial charge in [0.15, 0.2) is 11.5 Å². The predicted molar refractivity (Wildman–Crippen MR) is 143 cm³/mol. The summed E-state index contributed by atoms with van der Waals surface area (Å²) < 4.78 is 16.7. The third-order valence-corrected chi connectivity index (χ3v) is 6.62. The molecule has 0 radical (unpaired) electrons. The van der Waals surface area contributed by atoms with Crippen LogP contribution in [0.2, 0.25) is 0 Å². The zero-order valence-electron chi connectivity index (χ0n) is 20.3. The first-order valence-corrected chi connectivity index (χ1v) is 12.6. The van der Waals surface area contributed by atoms with E-state index in [1.54, 1.807) is 60.7 Å². The molecule has 12 heteroatoms. The van der Waals surface area contributed by atoms with E-state index in [1.165, 1.54) is 12.1 Å². The Morgan fingerprint density at radius 1 is 1.05 bits per heavy atom. The van der Waals surface area contributed by atoms with E-state index < -0.39 is 28.5 Å². The molecule has 5 rings (SSSR count). The molecule has 1 N–H and O–H groups in total. The molecule has 2 heterocycles. The monoisotopic (exact) mass is 547 g/mol. The van der Waals surface area contributed by atoms with Crippen LogP contribution in [0.4, 0.5) is 16.2 Å². The molecule has 3 aromatic carbocycles. The number of fused-ring (bicyclic) bond motifs is 1. The van der Waals surface area contributed by atoms with Gasteiger partial charge in [-0.3, -0.25) is 29.4 Å². The minimum atomic E-state index is -0.570. The minimum absolute atomic E-state index is 0.00419. The number of rotatable bonds is 8. The number of benzene rings is 3. The fourth-order valence-electron chi connectivity index (χ4n) is 3.83. The lowest BCUT2D eigenvalue weighted by Crippen LogP contribution is -2.36. The van der Waals surface area contributed by atoms with Gasteiger partial charge in [-0.1, -0.05) is 12.1 Å². The molecule has 0 bridgehead atoms. The van der Waals surface area contributed by atoms with Crippen molar-refractivity contribution in [2.75, 3.05) is 25.1 Å². The number of anilines is 1. The molecule has 0 atom stereocenters. The lowest BCUT2D eigenvalue weighted by molar-refractivity contribution is -0.384. The maximum Gasteiger partial charge on any atom is 0.294 e. The Labute approximate surface area is 226 Å². The van der Waals surface area contributed by atoms with Gasteiger partial charge in [0.2, 0.25) is 5.91 Å². The maximum absolute atomic E-state index is 12.9. The average molecular weight is 548 g/mol. The molecule has 3 aromatic rings. The normalized spacial score (nSPS) is 15.4. The van der Waals surface area contributed by atoms with Gasteiger partial charge in [-0.05, 0) is 65.4 Å². The SMILES string of the molecule is O=C(CN1C(=O)S/C(=C/c2cccc(OCc3ccc([N+](=O)[O-])cc3)c2)C1=O)Nc1ccc2c(c1)OCCO2. The van der Waals surface area contributed by atoms with Crippen LogP contribution in [-0.2, 0) is 16.2 Å². The first-order chi connectivity index (χ1) is 18.9. The summed E-state index contributed by atoms with van der Waals surface area (Å²) in [5.41, 5.74) is 1.83. The van der Waals surface area contributed by atoms with Gasteiger partial charge >= 0.3 is 0 Å². The summed E-state index contributed by atoms with van der Waals surface area (Å²) in [4.78, 5) is 49.4. The van der Waals surface area contributed by atoms with Crippen LogP contribution in [0.5, 0.6) is 17.2 Å². The van der Waals surface area contributed by atoms with Gasteiger partial charge in [-0.25, -0.2) is 0 Å². The zero-order chi connectivity index (χ0) is 27.4. The summed E-state index contributed by atoms with van der Waals surface area (Å²) in [6, 6.07) is 17.9. The molecule has 11 nitrogen and oxygen atoms in total. The Kier molecular flexibility index (Phi) is 7.46. The van der Waals surface area contributed by atoms with Crippen molar-refractivity contribution in [1.29, 1.82) is 0 Å². The molecule has 2 aliphatic rings. The van der Waals surface area contributed by atoms with E-state index in [0.29, 0.717) is 41.7 Å². The zero-order valence-corrected chi connectivity index (χ0v) is 21.1. The van der Waals surface area contributed by atoms with Gasteiger partial charge in [0.1, 0.15) is 32.1 Å². The quantitative estimate of drug-likeness (QED) is 0.243. The van der Waals surface area contributed by atoms with Crippen LogP contribution in [0.15, 0.2) is 71.6 Å². The maximum atomic E-state index is 12.9. The Morgan fingerprint density at radius 3 is 2.59 bits per heavy atom. The van der Waals surface area contributed by atoms with Gasteiger partial charge < -0.3 is 19.5 Å². The lowest BCUT2D eigenvalue weighted by Gasteiger charge is -2.19. The molecule has 1 saturated heterocycles. The van der Waals surface area contributed by atoms with Crippen LogP contribution >= 0.6 is 11.8 Å². The van der Waals surface area contributed by atoms with E-state index in [1.807, 2.05) is 0 Å². The highest BCUT2D eigenvalue weighted by Gasteiger charge is 2.36. The van der Waals surface area contributed by atoms with E-state index in [2.05, 4.69) is 5.32 Å². The van der Waals surface area contributed by atoms with Crippen molar-refractivity contribution in [3.05, 3.63) is 92.9 Å². The largest absolute Gasteiger partial charge is 0.489 e. The molecule has 1 fully saturated rings. The number of nitro benzene ring substituents is 1. The van der Waals surface area contributed by atoms with Crippen LogP contribution in [-0.4, -0.2) is 46.6 Å². The van der Waals surface area contributed by atoms with E-state index in [0.717, 1.165) is 22.2 Å². The Morgan fingerprint density at radius 2 is 1.82 bits per heavy atom. The topological polar surface area (TPSA) is 137 Å². The molecular formula is C27H21N3O8S. The lowest BCUT2D eigenvalue weighted by atomic mass is 10.2. The van der Waals surface area contributed by atoms with Crippen molar-refractivity contribution in [2.45, 2.75) is 6.61 Å². The van der Waals surface area contributed by atoms with Crippen LogP contribution < -0.4 is 19.5 Å². The molecule has 39 heavy (non-hydrogen) atoms. The molecular weight excluding hydrogens is 526 g/mol. The van der Waals surface area contributed by atoms with Crippen molar-refractivity contribution in [1.82, 2.24) is 4.90 Å². The van der Waals surface area contributed by atoms with Crippen molar-refractivity contribution in [3.63, 3.8) is 0 Å². The summed E-state index contributed by atoms with van der Waals surface area (Å²) in [6.07, 6.45) is 1.56. The Hall–Kier alpha value is -4.84. The van der Waals surface area contributed by atoms with Gasteiger partial charge in [-0.15, -0.1) is 0 Å².